The summed E-state index contributed by atoms with van der Waals surface area (Å²) in [7, 11) is 0. The number of carboxylic acid groups (broad SMARTS) is 1. The van der Waals surface area contributed by atoms with Gasteiger partial charge >= 0.3 is 5.97 Å². The van der Waals surface area contributed by atoms with Gasteiger partial charge in [0.25, 0.3) is 0 Å². The lowest BCUT2D eigenvalue weighted by atomic mass is 10.1. The van der Waals surface area contributed by atoms with Gasteiger partial charge in [-0.3, -0.25) is 0 Å². The minimum atomic E-state index is -0.944. The van der Waals surface area contributed by atoms with E-state index in [1.165, 1.54) is 6.07 Å². The SMILES string of the molecule is Cc1cc(C(=O)O)ccc1NC(C)c1ccc(F)c(Br)c1. The number of hydrogen-bond acceptors (Lipinski definition) is 2. The zero-order valence-corrected chi connectivity index (χ0v) is 13.2. The van der Waals surface area contributed by atoms with Gasteiger partial charge in [0.05, 0.1) is 10.0 Å². The number of carboxylic acids is 1. The van der Waals surface area contributed by atoms with Crippen LogP contribution in [0.2, 0.25) is 0 Å². The average molecular weight is 352 g/mol. The number of aryl methyl sites for hydroxylation is 1. The van der Waals surface area contributed by atoms with Crippen LogP contribution in [0.4, 0.5) is 10.1 Å². The summed E-state index contributed by atoms with van der Waals surface area (Å²) in [5, 5.41) is 12.3. The smallest absolute Gasteiger partial charge is 0.335 e. The van der Waals surface area contributed by atoms with E-state index in [0.29, 0.717) is 4.47 Å². The highest BCUT2D eigenvalue weighted by atomic mass is 79.9. The van der Waals surface area contributed by atoms with Crippen LogP contribution in [0.5, 0.6) is 0 Å². The first-order valence-electron chi connectivity index (χ1n) is 6.44. The molecule has 1 unspecified atom stereocenters. The molecule has 0 fully saturated rings. The third-order valence-corrected chi connectivity index (χ3v) is 3.90. The van der Waals surface area contributed by atoms with E-state index < -0.39 is 5.97 Å². The molecule has 1 atom stereocenters. The largest absolute Gasteiger partial charge is 0.478 e. The molecule has 0 spiro atoms. The van der Waals surface area contributed by atoms with Crippen LogP contribution in [0.3, 0.4) is 0 Å². The molecule has 0 aliphatic rings. The Morgan fingerprint density at radius 3 is 2.57 bits per heavy atom. The maximum atomic E-state index is 13.3. The van der Waals surface area contributed by atoms with Crippen LogP contribution < -0.4 is 5.32 Å². The van der Waals surface area contributed by atoms with Crippen molar-refractivity contribution in [3.05, 3.63) is 63.4 Å². The van der Waals surface area contributed by atoms with Gasteiger partial charge in [0.1, 0.15) is 5.82 Å². The second kappa shape index (κ2) is 6.26. The number of benzene rings is 2. The quantitative estimate of drug-likeness (QED) is 0.834. The molecule has 0 aliphatic heterocycles. The van der Waals surface area contributed by atoms with E-state index in [4.69, 9.17) is 5.11 Å². The van der Waals surface area contributed by atoms with E-state index in [1.54, 1.807) is 30.3 Å². The molecule has 0 saturated heterocycles. The molecule has 2 aromatic carbocycles. The molecular weight excluding hydrogens is 337 g/mol. The summed E-state index contributed by atoms with van der Waals surface area (Å²) in [4.78, 5) is 10.9. The Balaban J connectivity index is 2.21. The maximum absolute atomic E-state index is 13.3. The van der Waals surface area contributed by atoms with E-state index in [9.17, 15) is 9.18 Å². The molecule has 0 amide bonds. The summed E-state index contributed by atoms with van der Waals surface area (Å²) in [5.74, 6) is -1.24. The zero-order valence-electron chi connectivity index (χ0n) is 11.7. The first-order valence-corrected chi connectivity index (χ1v) is 7.23. The van der Waals surface area contributed by atoms with E-state index in [2.05, 4.69) is 21.2 Å². The summed E-state index contributed by atoms with van der Waals surface area (Å²) in [5.41, 5.74) is 2.90. The lowest BCUT2D eigenvalue weighted by Crippen LogP contribution is -2.08. The molecule has 5 heteroatoms. The van der Waals surface area contributed by atoms with Gasteiger partial charge in [-0.05, 0) is 71.2 Å². The molecule has 3 nitrogen and oxygen atoms in total. The second-order valence-electron chi connectivity index (χ2n) is 4.87. The van der Waals surface area contributed by atoms with Crippen molar-refractivity contribution in [3.63, 3.8) is 0 Å². The molecule has 0 radical (unpaired) electrons. The average Bonchev–Trinajstić information content (AvgIpc) is 2.43. The number of carbonyl (C=O) groups is 1. The Morgan fingerprint density at radius 2 is 2.00 bits per heavy atom. The monoisotopic (exact) mass is 351 g/mol. The highest BCUT2D eigenvalue weighted by Gasteiger charge is 2.11. The molecule has 2 aromatic rings. The first kappa shape index (κ1) is 15.5. The van der Waals surface area contributed by atoms with Crippen molar-refractivity contribution < 1.29 is 14.3 Å². The topological polar surface area (TPSA) is 49.3 Å². The Kier molecular flexibility index (Phi) is 4.63. The van der Waals surface area contributed by atoms with Crippen molar-refractivity contribution in [2.45, 2.75) is 19.9 Å². The Labute approximate surface area is 130 Å². The third-order valence-electron chi connectivity index (χ3n) is 3.29. The van der Waals surface area contributed by atoms with E-state index >= 15 is 0 Å². The van der Waals surface area contributed by atoms with Gasteiger partial charge in [-0.1, -0.05) is 6.07 Å². The van der Waals surface area contributed by atoms with Gasteiger partial charge < -0.3 is 10.4 Å². The van der Waals surface area contributed by atoms with Crippen molar-refractivity contribution in [1.82, 2.24) is 0 Å². The van der Waals surface area contributed by atoms with Crippen LogP contribution in [-0.2, 0) is 0 Å². The lowest BCUT2D eigenvalue weighted by Gasteiger charge is -2.18. The van der Waals surface area contributed by atoms with Gasteiger partial charge in [0, 0.05) is 11.7 Å². The number of aromatic carboxylic acids is 1. The summed E-state index contributed by atoms with van der Waals surface area (Å²) in [6, 6.07) is 9.76. The van der Waals surface area contributed by atoms with Crippen LogP contribution in [0, 0.1) is 12.7 Å². The van der Waals surface area contributed by atoms with E-state index in [1.807, 2.05) is 13.8 Å². The standard InChI is InChI=1S/C16H15BrFNO2/c1-9-7-12(16(20)21)4-6-15(9)19-10(2)11-3-5-14(18)13(17)8-11/h3-8,10,19H,1-2H3,(H,20,21). The molecule has 21 heavy (non-hydrogen) atoms. The van der Waals surface area contributed by atoms with Crippen molar-refractivity contribution in [2.75, 3.05) is 5.32 Å². The molecule has 0 saturated carbocycles. The lowest BCUT2D eigenvalue weighted by molar-refractivity contribution is 0.0697. The Morgan fingerprint density at radius 1 is 1.29 bits per heavy atom. The molecular formula is C16H15BrFNO2. The number of nitrogens with one attached hydrogen (secondary N) is 1. The minimum absolute atomic E-state index is 0.0312. The van der Waals surface area contributed by atoms with Crippen molar-refractivity contribution >= 4 is 27.6 Å². The van der Waals surface area contributed by atoms with Gasteiger partial charge in [0.15, 0.2) is 0 Å². The van der Waals surface area contributed by atoms with Gasteiger partial charge in [-0.25, -0.2) is 9.18 Å². The molecule has 110 valence electrons. The molecule has 2 N–H and O–H groups in total. The summed E-state index contributed by atoms with van der Waals surface area (Å²) in [6.45, 7) is 3.81. The fraction of sp³-hybridized carbons (Fsp3) is 0.188. The molecule has 0 heterocycles. The number of halogens is 2. The third kappa shape index (κ3) is 3.61. The fourth-order valence-corrected chi connectivity index (χ4v) is 2.45. The Hall–Kier alpha value is -1.88. The summed E-state index contributed by atoms with van der Waals surface area (Å²) in [6.07, 6.45) is 0. The van der Waals surface area contributed by atoms with E-state index in [0.717, 1.165) is 16.8 Å². The number of rotatable bonds is 4. The van der Waals surface area contributed by atoms with Crippen LogP contribution in [0.15, 0.2) is 40.9 Å². The van der Waals surface area contributed by atoms with Crippen molar-refractivity contribution in [1.29, 1.82) is 0 Å². The second-order valence-corrected chi connectivity index (χ2v) is 5.73. The maximum Gasteiger partial charge on any atom is 0.335 e. The Bertz CT molecular complexity index is 688. The predicted octanol–water partition coefficient (Wildman–Crippen LogP) is 4.77. The number of anilines is 1. The van der Waals surface area contributed by atoms with Gasteiger partial charge in [0.2, 0.25) is 0 Å². The minimum Gasteiger partial charge on any atom is -0.478 e. The predicted molar refractivity (Wildman–Crippen MR) is 84.3 cm³/mol. The molecule has 2 rings (SSSR count). The summed E-state index contributed by atoms with van der Waals surface area (Å²) >= 11 is 3.17. The highest BCUT2D eigenvalue weighted by Crippen LogP contribution is 2.26. The number of hydrogen-bond donors (Lipinski definition) is 2. The summed E-state index contributed by atoms with van der Waals surface area (Å²) < 4.78 is 13.7. The van der Waals surface area contributed by atoms with Crippen LogP contribution in [0.1, 0.15) is 34.5 Å². The highest BCUT2D eigenvalue weighted by molar-refractivity contribution is 9.10. The first-order chi connectivity index (χ1) is 9.88. The van der Waals surface area contributed by atoms with Crippen molar-refractivity contribution in [3.8, 4) is 0 Å². The molecule has 0 aliphatic carbocycles. The fourth-order valence-electron chi connectivity index (χ4n) is 2.06. The zero-order chi connectivity index (χ0) is 15.6. The van der Waals surface area contributed by atoms with Crippen LogP contribution >= 0.6 is 15.9 Å². The molecule has 0 bridgehead atoms. The van der Waals surface area contributed by atoms with Crippen LogP contribution in [-0.4, -0.2) is 11.1 Å². The van der Waals surface area contributed by atoms with Crippen molar-refractivity contribution in [2.24, 2.45) is 0 Å². The van der Waals surface area contributed by atoms with Gasteiger partial charge in [-0.15, -0.1) is 0 Å². The van der Waals surface area contributed by atoms with Gasteiger partial charge in [-0.2, -0.15) is 0 Å². The van der Waals surface area contributed by atoms with Crippen LogP contribution in [0.25, 0.3) is 0 Å². The molecule has 0 aromatic heterocycles. The normalized spacial score (nSPS) is 12.0. The van der Waals surface area contributed by atoms with E-state index in [-0.39, 0.29) is 17.4 Å².